The first-order valence-electron chi connectivity index (χ1n) is 6.39. The Morgan fingerprint density at radius 3 is 3.00 bits per heavy atom. The fraction of sp³-hybridized carbons (Fsp3) is 0.125. The van der Waals surface area contributed by atoms with Crippen LogP contribution in [0.1, 0.15) is 20.9 Å². The molecule has 0 saturated heterocycles. The lowest BCUT2D eigenvalue weighted by Gasteiger charge is -2.03. The average molecular weight is 300 g/mol. The third-order valence-electron chi connectivity index (χ3n) is 2.69. The fourth-order valence-corrected chi connectivity index (χ4v) is 2.51. The number of nitrogens with zero attached hydrogens (tertiary/aromatic N) is 1. The van der Waals surface area contributed by atoms with E-state index in [0.717, 1.165) is 11.3 Å². The van der Waals surface area contributed by atoms with Gasteiger partial charge in [0.05, 0.1) is 10.6 Å². The molecule has 2 aromatic rings. The number of anilines is 1. The summed E-state index contributed by atoms with van der Waals surface area (Å²) in [5.41, 5.74) is 7.15. The Morgan fingerprint density at radius 1 is 1.52 bits per heavy atom. The third-order valence-corrected chi connectivity index (χ3v) is 3.69. The van der Waals surface area contributed by atoms with Crippen molar-refractivity contribution in [3.63, 3.8) is 0 Å². The quantitative estimate of drug-likeness (QED) is 0.504. The Hall–Kier alpha value is -2.40. The lowest BCUT2D eigenvalue weighted by Crippen LogP contribution is -1.94. The van der Waals surface area contributed by atoms with Gasteiger partial charge in [-0.1, -0.05) is 42.2 Å². The van der Waals surface area contributed by atoms with Crippen LogP contribution in [0, 0.1) is 6.92 Å². The number of aromatic nitrogens is 1. The summed E-state index contributed by atoms with van der Waals surface area (Å²) >= 11 is 1.20. The maximum Gasteiger partial charge on any atom is 0.197 e. The van der Waals surface area contributed by atoms with E-state index in [4.69, 9.17) is 10.5 Å². The van der Waals surface area contributed by atoms with Crippen molar-refractivity contribution < 1.29 is 9.53 Å². The summed E-state index contributed by atoms with van der Waals surface area (Å²) < 4.78 is 5.45. The normalized spacial score (nSPS) is 10.7. The predicted octanol–water partition coefficient (Wildman–Crippen LogP) is 3.49. The van der Waals surface area contributed by atoms with Gasteiger partial charge in [-0.15, -0.1) is 0 Å². The Bertz CT molecular complexity index is 689. The highest BCUT2D eigenvalue weighted by Crippen LogP contribution is 2.21. The fourth-order valence-electron chi connectivity index (χ4n) is 1.76. The number of nitrogen functional groups attached to an aromatic ring is 1. The molecule has 0 spiro atoms. The molecule has 21 heavy (non-hydrogen) atoms. The van der Waals surface area contributed by atoms with Gasteiger partial charge in [-0.3, -0.25) is 4.79 Å². The standard InChI is InChI=1S/C16H16N2O2S/c1-3-9-20-13-6-4-5-12(10-13)7-8-14(19)15-11(2)18-16(17)21-15/h3-8,10H,1,9H2,2H3,(H2,17,18)/b8-7+. The van der Waals surface area contributed by atoms with Gasteiger partial charge >= 0.3 is 0 Å². The largest absolute Gasteiger partial charge is 0.490 e. The lowest BCUT2D eigenvalue weighted by molar-refractivity contribution is 0.105. The second-order valence-corrected chi connectivity index (χ2v) is 5.37. The summed E-state index contributed by atoms with van der Waals surface area (Å²) in [6.45, 7) is 5.83. The van der Waals surface area contributed by atoms with E-state index in [9.17, 15) is 4.79 Å². The van der Waals surface area contributed by atoms with E-state index in [2.05, 4.69) is 11.6 Å². The van der Waals surface area contributed by atoms with Crippen LogP contribution in [0.2, 0.25) is 0 Å². The van der Waals surface area contributed by atoms with Crippen LogP contribution in [0.4, 0.5) is 5.13 Å². The number of hydrogen-bond acceptors (Lipinski definition) is 5. The molecule has 1 aromatic carbocycles. The number of carbonyl (C=O) groups is 1. The van der Waals surface area contributed by atoms with Gasteiger partial charge in [-0.05, 0) is 30.7 Å². The highest BCUT2D eigenvalue weighted by molar-refractivity contribution is 7.17. The van der Waals surface area contributed by atoms with E-state index in [1.165, 1.54) is 17.4 Å². The SMILES string of the molecule is C=CCOc1cccc(/C=C/C(=O)c2sc(N)nc2C)c1. The lowest BCUT2D eigenvalue weighted by atomic mass is 10.1. The number of ether oxygens (including phenoxy) is 1. The molecule has 0 radical (unpaired) electrons. The molecular weight excluding hydrogens is 284 g/mol. The van der Waals surface area contributed by atoms with Crippen LogP contribution in [0.25, 0.3) is 6.08 Å². The van der Waals surface area contributed by atoms with Crippen LogP contribution >= 0.6 is 11.3 Å². The average Bonchev–Trinajstić information content (AvgIpc) is 2.82. The smallest absolute Gasteiger partial charge is 0.197 e. The summed E-state index contributed by atoms with van der Waals surface area (Å²) in [6, 6.07) is 7.49. The molecule has 0 saturated carbocycles. The zero-order valence-electron chi connectivity index (χ0n) is 11.7. The van der Waals surface area contributed by atoms with Crippen LogP contribution in [0.3, 0.4) is 0 Å². The van der Waals surface area contributed by atoms with E-state index in [0.29, 0.717) is 22.3 Å². The van der Waals surface area contributed by atoms with Crippen molar-refractivity contribution in [2.45, 2.75) is 6.92 Å². The number of allylic oxidation sites excluding steroid dienone is 1. The van der Waals surface area contributed by atoms with Crippen molar-refractivity contribution in [3.05, 3.63) is 59.1 Å². The molecule has 0 atom stereocenters. The minimum atomic E-state index is -0.0980. The Balaban J connectivity index is 2.11. The van der Waals surface area contributed by atoms with Crippen molar-refractivity contribution in [3.8, 4) is 5.75 Å². The van der Waals surface area contributed by atoms with Crippen LogP contribution < -0.4 is 10.5 Å². The highest BCUT2D eigenvalue weighted by Gasteiger charge is 2.11. The summed E-state index contributed by atoms with van der Waals surface area (Å²) in [5.74, 6) is 0.641. The molecule has 0 unspecified atom stereocenters. The predicted molar refractivity (Wildman–Crippen MR) is 86.8 cm³/mol. The third kappa shape index (κ3) is 4.03. The zero-order chi connectivity index (χ0) is 15.2. The maximum atomic E-state index is 12.1. The van der Waals surface area contributed by atoms with Crippen LogP contribution in [-0.2, 0) is 0 Å². The molecule has 4 nitrogen and oxygen atoms in total. The number of benzene rings is 1. The first kappa shape index (κ1) is 15.0. The molecule has 0 fully saturated rings. The Labute approximate surface area is 127 Å². The first-order chi connectivity index (χ1) is 10.1. The van der Waals surface area contributed by atoms with Crippen molar-refractivity contribution in [2.75, 3.05) is 12.3 Å². The molecule has 1 heterocycles. The van der Waals surface area contributed by atoms with Gasteiger partial charge in [0.15, 0.2) is 10.9 Å². The number of hydrogen-bond donors (Lipinski definition) is 1. The molecule has 2 rings (SSSR count). The van der Waals surface area contributed by atoms with Gasteiger partial charge in [0, 0.05) is 0 Å². The Kier molecular flexibility index (Phi) is 4.90. The van der Waals surface area contributed by atoms with Crippen LogP contribution in [0.15, 0.2) is 43.0 Å². The second kappa shape index (κ2) is 6.85. The molecule has 1 aromatic heterocycles. The molecule has 2 N–H and O–H groups in total. The van der Waals surface area contributed by atoms with Gasteiger partial charge in [0.2, 0.25) is 0 Å². The number of nitrogens with two attached hydrogens (primary N) is 1. The zero-order valence-corrected chi connectivity index (χ0v) is 12.5. The molecule has 0 bridgehead atoms. The number of thiazole rings is 1. The summed E-state index contributed by atoms with van der Waals surface area (Å²) in [5, 5.41) is 0.407. The molecule has 108 valence electrons. The monoisotopic (exact) mass is 300 g/mol. The topological polar surface area (TPSA) is 65.2 Å². The number of rotatable bonds is 6. The maximum absolute atomic E-state index is 12.1. The summed E-state index contributed by atoms with van der Waals surface area (Å²) in [7, 11) is 0. The number of ketones is 1. The van der Waals surface area contributed by atoms with E-state index in [1.54, 1.807) is 19.1 Å². The summed E-state index contributed by atoms with van der Waals surface area (Å²) in [4.78, 5) is 16.7. The van der Waals surface area contributed by atoms with Gasteiger partial charge < -0.3 is 10.5 Å². The minimum absolute atomic E-state index is 0.0980. The van der Waals surface area contributed by atoms with E-state index in [1.807, 2.05) is 24.3 Å². The van der Waals surface area contributed by atoms with Gasteiger partial charge in [-0.25, -0.2) is 4.98 Å². The molecule has 0 aliphatic carbocycles. The number of aryl methyl sites for hydroxylation is 1. The molecular formula is C16H16N2O2S. The van der Waals surface area contributed by atoms with Crippen molar-refractivity contribution in [2.24, 2.45) is 0 Å². The van der Waals surface area contributed by atoms with Crippen LogP contribution in [-0.4, -0.2) is 17.4 Å². The van der Waals surface area contributed by atoms with Gasteiger partial charge in [0.25, 0.3) is 0 Å². The second-order valence-electron chi connectivity index (χ2n) is 4.34. The van der Waals surface area contributed by atoms with Crippen molar-refractivity contribution in [1.82, 2.24) is 4.98 Å². The molecule has 0 amide bonds. The van der Waals surface area contributed by atoms with Gasteiger partial charge in [0.1, 0.15) is 12.4 Å². The van der Waals surface area contributed by atoms with Crippen molar-refractivity contribution in [1.29, 1.82) is 0 Å². The van der Waals surface area contributed by atoms with E-state index >= 15 is 0 Å². The molecule has 0 aliphatic rings. The molecule has 5 heteroatoms. The Morgan fingerprint density at radius 2 is 2.33 bits per heavy atom. The van der Waals surface area contributed by atoms with Crippen LogP contribution in [0.5, 0.6) is 5.75 Å². The van der Waals surface area contributed by atoms with Crippen molar-refractivity contribution >= 4 is 28.3 Å². The first-order valence-corrected chi connectivity index (χ1v) is 7.21. The minimum Gasteiger partial charge on any atom is -0.490 e. The number of carbonyl (C=O) groups excluding carboxylic acids is 1. The van der Waals surface area contributed by atoms with E-state index in [-0.39, 0.29) is 5.78 Å². The summed E-state index contributed by atoms with van der Waals surface area (Å²) in [6.07, 6.45) is 4.95. The van der Waals surface area contributed by atoms with Gasteiger partial charge in [-0.2, -0.15) is 0 Å². The highest BCUT2D eigenvalue weighted by atomic mass is 32.1. The molecule has 0 aliphatic heterocycles. The van der Waals surface area contributed by atoms with E-state index < -0.39 is 0 Å².